The SMILES string of the molecule is O=C(NCC1CCCC(O)C1)Nc1ccc(Cl)c(F)c1. The summed E-state index contributed by atoms with van der Waals surface area (Å²) in [7, 11) is 0. The number of aliphatic hydroxyl groups excluding tert-OH is 1. The number of carbonyl (C=O) groups excluding carboxylic acids is 1. The molecule has 0 aliphatic heterocycles. The molecule has 4 nitrogen and oxygen atoms in total. The van der Waals surface area contributed by atoms with E-state index in [0.29, 0.717) is 18.2 Å². The first kappa shape index (κ1) is 15.1. The highest BCUT2D eigenvalue weighted by Crippen LogP contribution is 2.23. The van der Waals surface area contributed by atoms with Crippen molar-refractivity contribution in [3.05, 3.63) is 29.0 Å². The zero-order valence-corrected chi connectivity index (χ0v) is 11.8. The highest BCUT2D eigenvalue weighted by molar-refractivity contribution is 6.30. The lowest BCUT2D eigenvalue weighted by molar-refractivity contribution is 0.101. The van der Waals surface area contributed by atoms with E-state index in [1.54, 1.807) is 0 Å². The van der Waals surface area contributed by atoms with Gasteiger partial charge in [0.1, 0.15) is 5.82 Å². The molecular formula is C14H18ClFN2O2. The van der Waals surface area contributed by atoms with E-state index in [0.717, 1.165) is 25.7 Å². The molecule has 6 heteroatoms. The largest absolute Gasteiger partial charge is 0.393 e. The van der Waals surface area contributed by atoms with E-state index in [-0.39, 0.29) is 17.2 Å². The summed E-state index contributed by atoms with van der Waals surface area (Å²) < 4.78 is 13.2. The highest BCUT2D eigenvalue weighted by atomic mass is 35.5. The van der Waals surface area contributed by atoms with Gasteiger partial charge in [0.25, 0.3) is 0 Å². The number of halogens is 2. The number of hydrogen-bond acceptors (Lipinski definition) is 2. The van der Waals surface area contributed by atoms with Crippen LogP contribution in [0.1, 0.15) is 25.7 Å². The van der Waals surface area contributed by atoms with Gasteiger partial charge in [0.2, 0.25) is 0 Å². The Labute approximate surface area is 122 Å². The van der Waals surface area contributed by atoms with Crippen LogP contribution < -0.4 is 10.6 Å². The monoisotopic (exact) mass is 300 g/mol. The Morgan fingerprint density at radius 2 is 2.25 bits per heavy atom. The fraction of sp³-hybridized carbons (Fsp3) is 0.500. The van der Waals surface area contributed by atoms with Crippen LogP contribution in [0.5, 0.6) is 0 Å². The molecule has 3 N–H and O–H groups in total. The molecule has 2 atom stereocenters. The summed E-state index contributed by atoms with van der Waals surface area (Å²) in [4.78, 5) is 11.7. The molecule has 0 radical (unpaired) electrons. The minimum Gasteiger partial charge on any atom is -0.393 e. The van der Waals surface area contributed by atoms with Gasteiger partial charge >= 0.3 is 6.03 Å². The molecule has 1 fully saturated rings. The average molecular weight is 301 g/mol. The molecule has 1 aliphatic rings. The molecule has 20 heavy (non-hydrogen) atoms. The van der Waals surface area contributed by atoms with Crippen LogP contribution in [0.25, 0.3) is 0 Å². The van der Waals surface area contributed by atoms with Crippen molar-refractivity contribution in [2.75, 3.05) is 11.9 Å². The van der Waals surface area contributed by atoms with Crippen LogP contribution in [0.3, 0.4) is 0 Å². The van der Waals surface area contributed by atoms with Gasteiger partial charge in [0.15, 0.2) is 0 Å². The molecule has 2 rings (SSSR count). The van der Waals surface area contributed by atoms with E-state index in [4.69, 9.17) is 11.6 Å². The van der Waals surface area contributed by atoms with Gasteiger partial charge in [0, 0.05) is 12.2 Å². The molecule has 110 valence electrons. The number of carbonyl (C=O) groups is 1. The van der Waals surface area contributed by atoms with Crippen LogP contribution in [-0.4, -0.2) is 23.8 Å². The molecule has 2 unspecified atom stereocenters. The van der Waals surface area contributed by atoms with Crippen molar-refractivity contribution >= 4 is 23.3 Å². The summed E-state index contributed by atoms with van der Waals surface area (Å²) in [6, 6.07) is 3.72. The first-order chi connectivity index (χ1) is 9.54. The molecule has 2 amide bonds. The second kappa shape index (κ2) is 6.90. The van der Waals surface area contributed by atoms with Crippen LogP contribution in [0.2, 0.25) is 5.02 Å². The van der Waals surface area contributed by atoms with E-state index in [9.17, 15) is 14.3 Å². The molecule has 1 saturated carbocycles. The summed E-state index contributed by atoms with van der Waals surface area (Å²) in [5.41, 5.74) is 0.355. The van der Waals surface area contributed by atoms with Gasteiger partial charge in [0.05, 0.1) is 11.1 Å². The predicted molar refractivity (Wildman–Crippen MR) is 76.4 cm³/mol. The quantitative estimate of drug-likeness (QED) is 0.803. The Kier molecular flexibility index (Phi) is 5.20. The molecule has 0 heterocycles. The smallest absolute Gasteiger partial charge is 0.319 e. The van der Waals surface area contributed by atoms with Gasteiger partial charge in [-0.3, -0.25) is 0 Å². The van der Waals surface area contributed by atoms with Gasteiger partial charge in [-0.25, -0.2) is 9.18 Å². The Morgan fingerprint density at radius 3 is 2.95 bits per heavy atom. The molecule has 0 spiro atoms. The molecular weight excluding hydrogens is 283 g/mol. The minimum absolute atomic E-state index is 0.0205. The molecule has 1 aromatic carbocycles. The molecule has 0 aromatic heterocycles. The van der Waals surface area contributed by atoms with Crippen LogP contribution >= 0.6 is 11.6 Å². The maximum atomic E-state index is 13.2. The number of anilines is 1. The van der Waals surface area contributed by atoms with E-state index >= 15 is 0 Å². The zero-order chi connectivity index (χ0) is 14.5. The van der Waals surface area contributed by atoms with Crippen molar-refractivity contribution in [3.63, 3.8) is 0 Å². The van der Waals surface area contributed by atoms with Crippen LogP contribution in [0, 0.1) is 11.7 Å². The van der Waals surface area contributed by atoms with Crippen molar-refractivity contribution < 1.29 is 14.3 Å². The number of amides is 2. The van der Waals surface area contributed by atoms with Crippen molar-refractivity contribution in [2.24, 2.45) is 5.92 Å². The van der Waals surface area contributed by atoms with Gasteiger partial charge in [-0.15, -0.1) is 0 Å². The molecule has 0 saturated heterocycles. The lowest BCUT2D eigenvalue weighted by Crippen LogP contribution is -2.35. The Bertz CT molecular complexity index is 484. The number of benzene rings is 1. The number of nitrogens with one attached hydrogen (secondary N) is 2. The van der Waals surface area contributed by atoms with Gasteiger partial charge in [-0.05, 0) is 43.4 Å². The van der Waals surface area contributed by atoms with Gasteiger partial charge in [-0.1, -0.05) is 18.0 Å². The van der Waals surface area contributed by atoms with E-state index in [1.165, 1.54) is 18.2 Å². The van der Waals surface area contributed by atoms with Gasteiger partial charge in [-0.2, -0.15) is 0 Å². The summed E-state index contributed by atoms with van der Waals surface area (Å²) in [5, 5.41) is 14.9. The zero-order valence-electron chi connectivity index (χ0n) is 11.0. The minimum atomic E-state index is -0.570. The standard InChI is InChI=1S/C14H18ClFN2O2/c15-12-5-4-10(7-13(12)16)18-14(20)17-8-9-2-1-3-11(19)6-9/h4-5,7,9,11,19H,1-3,6,8H2,(H2,17,18,20). The highest BCUT2D eigenvalue weighted by Gasteiger charge is 2.20. The Balaban J connectivity index is 1.78. The van der Waals surface area contributed by atoms with E-state index in [1.807, 2.05) is 0 Å². The predicted octanol–water partition coefficient (Wildman–Crippen LogP) is 3.15. The fourth-order valence-corrected chi connectivity index (χ4v) is 2.55. The number of aliphatic hydroxyl groups is 1. The maximum absolute atomic E-state index is 13.2. The maximum Gasteiger partial charge on any atom is 0.319 e. The second-order valence-corrected chi connectivity index (χ2v) is 5.56. The normalized spacial score (nSPS) is 22.4. The average Bonchev–Trinajstić information content (AvgIpc) is 2.41. The molecule has 0 bridgehead atoms. The van der Waals surface area contributed by atoms with Crippen molar-refractivity contribution in [1.29, 1.82) is 0 Å². The van der Waals surface area contributed by atoms with E-state index in [2.05, 4.69) is 10.6 Å². The molecule has 1 aromatic rings. The van der Waals surface area contributed by atoms with Crippen LogP contribution in [0.15, 0.2) is 18.2 Å². The summed E-state index contributed by atoms with van der Waals surface area (Å²) in [6.45, 7) is 0.513. The van der Waals surface area contributed by atoms with Crippen LogP contribution in [-0.2, 0) is 0 Å². The number of urea groups is 1. The van der Waals surface area contributed by atoms with Gasteiger partial charge < -0.3 is 15.7 Å². The van der Waals surface area contributed by atoms with Crippen molar-refractivity contribution in [2.45, 2.75) is 31.8 Å². The van der Waals surface area contributed by atoms with E-state index < -0.39 is 5.82 Å². The number of hydrogen-bond donors (Lipinski definition) is 3. The first-order valence-corrected chi connectivity index (χ1v) is 7.10. The van der Waals surface area contributed by atoms with Crippen molar-refractivity contribution in [3.8, 4) is 0 Å². The third-order valence-electron chi connectivity index (χ3n) is 3.48. The lowest BCUT2D eigenvalue weighted by Gasteiger charge is -2.25. The van der Waals surface area contributed by atoms with Crippen molar-refractivity contribution in [1.82, 2.24) is 5.32 Å². The third-order valence-corrected chi connectivity index (χ3v) is 3.79. The lowest BCUT2D eigenvalue weighted by atomic mass is 9.87. The summed E-state index contributed by atoms with van der Waals surface area (Å²) in [6.07, 6.45) is 3.29. The number of rotatable bonds is 3. The summed E-state index contributed by atoms with van der Waals surface area (Å²) >= 11 is 5.57. The van der Waals surface area contributed by atoms with Crippen LogP contribution in [0.4, 0.5) is 14.9 Å². The first-order valence-electron chi connectivity index (χ1n) is 6.72. The summed E-state index contributed by atoms with van der Waals surface area (Å²) in [5.74, 6) is -0.272. The Hall–Kier alpha value is -1.33. The third kappa shape index (κ3) is 4.35. The second-order valence-electron chi connectivity index (χ2n) is 5.15. The fourth-order valence-electron chi connectivity index (χ4n) is 2.43. The Morgan fingerprint density at radius 1 is 1.45 bits per heavy atom. The molecule has 1 aliphatic carbocycles. The topological polar surface area (TPSA) is 61.4 Å².